The van der Waals surface area contributed by atoms with E-state index in [-0.39, 0.29) is 30.7 Å². The highest BCUT2D eigenvalue weighted by Crippen LogP contribution is 2.21. The Kier molecular flexibility index (Phi) is 6.77. The molecular weight excluding hydrogens is 332 g/mol. The summed E-state index contributed by atoms with van der Waals surface area (Å²) in [5.41, 5.74) is 2.20. The van der Waals surface area contributed by atoms with Crippen LogP contribution in [0.15, 0.2) is 24.3 Å². The number of carbonyl (C=O) groups is 3. The van der Waals surface area contributed by atoms with Crippen LogP contribution >= 0.6 is 0 Å². The lowest BCUT2D eigenvalue weighted by Crippen LogP contribution is -2.38. The molecule has 0 spiro atoms. The van der Waals surface area contributed by atoms with Crippen LogP contribution in [0.2, 0.25) is 0 Å². The van der Waals surface area contributed by atoms with Crippen LogP contribution in [0.25, 0.3) is 0 Å². The number of hydrogen-bond acceptors (Lipinski definition) is 3. The van der Waals surface area contributed by atoms with Gasteiger partial charge in [0.25, 0.3) is 0 Å². The highest BCUT2D eigenvalue weighted by molar-refractivity contribution is 5.89. The number of nitrogens with one attached hydrogen (secondary N) is 1. The van der Waals surface area contributed by atoms with Gasteiger partial charge in [-0.1, -0.05) is 43.7 Å². The second-order valence-corrected chi connectivity index (χ2v) is 7.57. The number of amides is 2. The molecule has 6 nitrogen and oxygen atoms in total. The van der Waals surface area contributed by atoms with Crippen molar-refractivity contribution in [2.45, 2.75) is 40.2 Å². The van der Waals surface area contributed by atoms with Gasteiger partial charge in [0.05, 0.1) is 11.8 Å². The minimum atomic E-state index is -0.900. The van der Waals surface area contributed by atoms with Gasteiger partial charge in [0, 0.05) is 26.1 Å². The average Bonchev–Trinajstić information content (AvgIpc) is 2.93. The molecule has 142 valence electrons. The Hall–Kier alpha value is -2.37. The standard InChI is InChI=1S/C20H28N2O4/c1-13(2)8-16(20(25)26)10-21-19(24)17-9-18(23)22(12-17)11-15-6-4-14(3)5-7-15/h4-7,13,16-17H,8-12H2,1-3H3,(H,21,24)(H,25,26). The van der Waals surface area contributed by atoms with E-state index in [0.29, 0.717) is 19.5 Å². The van der Waals surface area contributed by atoms with Crippen molar-refractivity contribution >= 4 is 17.8 Å². The molecule has 0 aromatic heterocycles. The largest absolute Gasteiger partial charge is 0.481 e. The third kappa shape index (κ3) is 5.58. The lowest BCUT2D eigenvalue weighted by atomic mass is 9.97. The molecule has 1 aliphatic rings. The van der Waals surface area contributed by atoms with E-state index >= 15 is 0 Å². The van der Waals surface area contributed by atoms with Crippen LogP contribution in [-0.2, 0) is 20.9 Å². The Morgan fingerprint density at radius 2 is 1.92 bits per heavy atom. The molecule has 26 heavy (non-hydrogen) atoms. The molecule has 1 aliphatic heterocycles. The van der Waals surface area contributed by atoms with Gasteiger partial charge in [0.2, 0.25) is 11.8 Å². The minimum absolute atomic E-state index is 0.0392. The number of hydrogen-bond donors (Lipinski definition) is 2. The maximum Gasteiger partial charge on any atom is 0.308 e. The first-order chi connectivity index (χ1) is 12.3. The van der Waals surface area contributed by atoms with Gasteiger partial charge >= 0.3 is 5.97 Å². The number of likely N-dealkylation sites (tertiary alicyclic amines) is 1. The molecule has 1 aromatic rings. The van der Waals surface area contributed by atoms with Gasteiger partial charge in [-0.25, -0.2) is 0 Å². The molecule has 2 N–H and O–H groups in total. The summed E-state index contributed by atoms with van der Waals surface area (Å²) in [5, 5.41) is 12.0. The number of carboxylic acid groups (broad SMARTS) is 1. The van der Waals surface area contributed by atoms with Gasteiger partial charge in [-0.15, -0.1) is 0 Å². The number of rotatable bonds is 8. The zero-order chi connectivity index (χ0) is 19.3. The fraction of sp³-hybridized carbons (Fsp3) is 0.550. The first kappa shape index (κ1) is 19.9. The predicted molar refractivity (Wildman–Crippen MR) is 98.3 cm³/mol. The van der Waals surface area contributed by atoms with E-state index in [1.165, 1.54) is 0 Å². The molecule has 1 saturated heterocycles. The summed E-state index contributed by atoms with van der Waals surface area (Å²) in [6.07, 6.45) is 0.693. The van der Waals surface area contributed by atoms with Crippen LogP contribution in [-0.4, -0.2) is 40.9 Å². The summed E-state index contributed by atoms with van der Waals surface area (Å²) in [6, 6.07) is 7.97. The van der Waals surface area contributed by atoms with Crippen LogP contribution in [0, 0.1) is 24.7 Å². The molecule has 0 aliphatic carbocycles. The molecule has 0 bridgehead atoms. The zero-order valence-electron chi connectivity index (χ0n) is 15.7. The summed E-state index contributed by atoms with van der Waals surface area (Å²) in [7, 11) is 0. The summed E-state index contributed by atoms with van der Waals surface area (Å²) in [4.78, 5) is 37.5. The van der Waals surface area contributed by atoms with Gasteiger partial charge < -0.3 is 15.3 Å². The topological polar surface area (TPSA) is 86.7 Å². The minimum Gasteiger partial charge on any atom is -0.481 e. The number of nitrogens with zero attached hydrogens (tertiary/aromatic N) is 1. The van der Waals surface area contributed by atoms with Crippen molar-refractivity contribution in [1.82, 2.24) is 10.2 Å². The zero-order valence-corrected chi connectivity index (χ0v) is 15.7. The van der Waals surface area contributed by atoms with Gasteiger partial charge in [-0.05, 0) is 24.8 Å². The van der Waals surface area contributed by atoms with Crippen molar-refractivity contribution in [2.24, 2.45) is 17.8 Å². The maximum atomic E-state index is 12.4. The van der Waals surface area contributed by atoms with Crippen LogP contribution in [0.1, 0.15) is 37.8 Å². The van der Waals surface area contributed by atoms with Crippen molar-refractivity contribution in [2.75, 3.05) is 13.1 Å². The summed E-state index contributed by atoms with van der Waals surface area (Å²) >= 11 is 0. The molecule has 1 fully saturated rings. The smallest absolute Gasteiger partial charge is 0.308 e. The predicted octanol–water partition coefficient (Wildman–Crippen LogP) is 2.21. The lowest BCUT2D eigenvalue weighted by molar-refractivity contribution is -0.142. The van der Waals surface area contributed by atoms with E-state index in [9.17, 15) is 19.5 Å². The van der Waals surface area contributed by atoms with E-state index in [4.69, 9.17) is 0 Å². The summed E-state index contributed by atoms with van der Waals surface area (Å²) in [5.74, 6) is -1.95. The molecule has 2 atom stereocenters. The Balaban J connectivity index is 1.87. The second kappa shape index (κ2) is 8.83. The summed E-state index contributed by atoms with van der Waals surface area (Å²) < 4.78 is 0. The molecule has 6 heteroatoms. The quantitative estimate of drug-likeness (QED) is 0.744. The molecule has 1 aromatic carbocycles. The molecule has 2 rings (SSSR count). The Morgan fingerprint density at radius 1 is 1.27 bits per heavy atom. The third-order valence-electron chi connectivity index (χ3n) is 4.71. The van der Waals surface area contributed by atoms with Crippen molar-refractivity contribution in [3.63, 3.8) is 0 Å². The Labute approximate surface area is 154 Å². The SMILES string of the molecule is Cc1ccc(CN2CC(C(=O)NCC(CC(C)C)C(=O)O)CC2=O)cc1. The van der Waals surface area contributed by atoms with E-state index in [0.717, 1.165) is 11.1 Å². The molecular formula is C20H28N2O4. The molecule has 0 saturated carbocycles. The van der Waals surface area contributed by atoms with Gasteiger partial charge in [-0.3, -0.25) is 14.4 Å². The fourth-order valence-electron chi connectivity index (χ4n) is 3.22. The first-order valence-corrected chi connectivity index (χ1v) is 9.10. The highest BCUT2D eigenvalue weighted by Gasteiger charge is 2.34. The van der Waals surface area contributed by atoms with E-state index in [1.807, 2.05) is 45.0 Å². The van der Waals surface area contributed by atoms with Crippen molar-refractivity contribution in [3.05, 3.63) is 35.4 Å². The first-order valence-electron chi connectivity index (χ1n) is 9.10. The van der Waals surface area contributed by atoms with Gasteiger partial charge in [0.1, 0.15) is 0 Å². The molecule has 2 unspecified atom stereocenters. The highest BCUT2D eigenvalue weighted by atomic mass is 16.4. The van der Waals surface area contributed by atoms with E-state index < -0.39 is 17.8 Å². The van der Waals surface area contributed by atoms with Crippen LogP contribution in [0.3, 0.4) is 0 Å². The number of carbonyl (C=O) groups excluding carboxylic acids is 2. The molecule has 1 heterocycles. The van der Waals surface area contributed by atoms with Crippen molar-refractivity contribution in [1.29, 1.82) is 0 Å². The van der Waals surface area contributed by atoms with Crippen LogP contribution < -0.4 is 5.32 Å². The number of carboxylic acids is 1. The fourth-order valence-corrected chi connectivity index (χ4v) is 3.22. The van der Waals surface area contributed by atoms with E-state index in [1.54, 1.807) is 4.90 Å². The third-order valence-corrected chi connectivity index (χ3v) is 4.71. The second-order valence-electron chi connectivity index (χ2n) is 7.57. The summed E-state index contributed by atoms with van der Waals surface area (Å²) in [6.45, 7) is 6.89. The number of benzene rings is 1. The van der Waals surface area contributed by atoms with Crippen LogP contribution in [0.4, 0.5) is 0 Å². The van der Waals surface area contributed by atoms with Crippen molar-refractivity contribution < 1.29 is 19.5 Å². The molecule has 0 radical (unpaired) electrons. The van der Waals surface area contributed by atoms with Crippen molar-refractivity contribution in [3.8, 4) is 0 Å². The Morgan fingerprint density at radius 3 is 2.50 bits per heavy atom. The van der Waals surface area contributed by atoms with Gasteiger partial charge in [-0.2, -0.15) is 0 Å². The monoisotopic (exact) mass is 360 g/mol. The van der Waals surface area contributed by atoms with E-state index in [2.05, 4.69) is 5.32 Å². The number of aryl methyl sites for hydroxylation is 1. The maximum absolute atomic E-state index is 12.4. The normalized spacial score (nSPS) is 18.2. The Bertz CT molecular complexity index is 654. The van der Waals surface area contributed by atoms with Crippen LogP contribution in [0.5, 0.6) is 0 Å². The molecule has 2 amide bonds. The average molecular weight is 360 g/mol. The van der Waals surface area contributed by atoms with Gasteiger partial charge in [0.15, 0.2) is 0 Å². The lowest BCUT2D eigenvalue weighted by Gasteiger charge is -2.18. The number of aliphatic carboxylic acids is 1.